The minimum absolute atomic E-state index is 0.161. The van der Waals surface area contributed by atoms with Crippen molar-refractivity contribution in [1.82, 2.24) is 15.1 Å². The van der Waals surface area contributed by atoms with Gasteiger partial charge in [0.15, 0.2) is 6.04 Å². The normalized spacial score (nSPS) is 19.3. The van der Waals surface area contributed by atoms with Crippen LogP contribution in [0, 0.1) is 13.8 Å². The number of aromatic nitrogens is 2. The van der Waals surface area contributed by atoms with Crippen molar-refractivity contribution in [3.8, 4) is 0 Å². The second kappa shape index (κ2) is 5.40. The van der Waals surface area contributed by atoms with Gasteiger partial charge in [0.2, 0.25) is 0 Å². The summed E-state index contributed by atoms with van der Waals surface area (Å²) >= 11 is 0. The maximum absolute atomic E-state index is 12.5. The number of methoxy groups -OCH3 is 1. The van der Waals surface area contributed by atoms with Crippen LogP contribution in [-0.4, -0.2) is 59.9 Å². The highest BCUT2D eigenvalue weighted by molar-refractivity contribution is 5.98. The SMILES string of the molecule is COC(=O)C1COCCN1C(=O)c1c(C)n[nH]c1C. The molecule has 1 aromatic heterocycles. The van der Waals surface area contributed by atoms with Gasteiger partial charge in [-0.15, -0.1) is 0 Å². The predicted octanol–water partition coefficient (Wildman–Crippen LogP) is 0.0405. The van der Waals surface area contributed by atoms with Crippen LogP contribution in [0.15, 0.2) is 0 Å². The van der Waals surface area contributed by atoms with E-state index in [0.29, 0.717) is 30.1 Å². The molecule has 1 amide bonds. The molecule has 1 unspecified atom stereocenters. The van der Waals surface area contributed by atoms with Gasteiger partial charge in [-0.05, 0) is 13.8 Å². The number of carbonyl (C=O) groups is 2. The third-order valence-electron chi connectivity index (χ3n) is 3.20. The summed E-state index contributed by atoms with van der Waals surface area (Å²) in [6.07, 6.45) is 0. The number of carbonyl (C=O) groups excluding carboxylic acids is 2. The molecule has 0 aromatic carbocycles. The minimum atomic E-state index is -0.694. The third-order valence-corrected chi connectivity index (χ3v) is 3.20. The molecule has 7 heteroatoms. The van der Waals surface area contributed by atoms with Crippen LogP contribution < -0.4 is 0 Å². The number of nitrogens with one attached hydrogen (secondary N) is 1. The summed E-state index contributed by atoms with van der Waals surface area (Å²) in [4.78, 5) is 25.7. The zero-order chi connectivity index (χ0) is 14.0. The molecule has 1 atom stereocenters. The number of amides is 1. The maximum atomic E-state index is 12.5. The Kier molecular flexibility index (Phi) is 3.84. The van der Waals surface area contributed by atoms with Gasteiger partial charge in [-0.1, -0.05) is 0 Å². The number of ether oxygens (including phenoxy) is 2. The van der Waals surface area contributed by atoms with Crippen molar-refractivity contribution in [2.75, 3.05) is 26.9 Å². The van der Waals surface area contributed by atoms with Gasteiger partial charge in [-0.2, -0.15) is 5.10 Å². The number of hydrogen-bond acceptors (Lipinski definition) is 5. The second-order valence-corrected chi connectivity index (χ2v) is 4.42. The smallest absolute Gasteiger partial charge is 0.331 e. The van der Waals surface area contributed by atoms with Crippen LogP contribution >= 0.6 is 0 Å². The van der Waals surface area contributed by atoms with E-state index in [4.69, 9.17) is 9.47 Å². The lowest BCUT2D eigenvalue weighted by Crippen LogP contribution is -2.53. The molecule has 0 bridgehead atoms. The zero-order valence-corrected chi connectivity index (χ0v) is 11.2. The fraction of sp³-hybridized carbons (Fsp3) is 0.583. The van der Waals surface area contributed by atoms with Crippen molar-refractivity contribution in [2.24, 2.45) is 0 Å². The van der Waals surface area contributed by atoms with Gasteiger partial charge >= 0.3 is 5.97 Å². The number of aromatic amines is 1. The Hall–Kier alpha value is -1.89. The third kappa shape index (κ3) is 2.46. The largest absolute Gasteiger partial charge is 0.467 e. The Bertz CT molecular complexity index is 478. The first-order chi connectivity index (χ1) is 9.06. The fourth-order valence-corrected chi connectivity index (χ4v) is 2.19. The minimum Gasteiger partial charge on any atom is -0.467 e. The van der Waals surface area contributed by atoms with Gasteiger partial charge in [0, 0.05) is 12.2 Å². The Morgan fingerprint density at radius 1 is 1.47 bits per heavy atom. The fourth-order valence-electron chi connectivity index (χ4n) is 2.19. The molecule has 1 aromatic rings. The van der Waals surface area contributed by atoms with Crippen molar-refractivity contribution in [3.05, 3.63) is 17.0 Å². The summed E-state index contributed by atoms with van der Waals surface area (Å²) in [6.45, 7) is 4.47. The van der Waals surface area contributed by atoms with Gasteiger partial charge in [0.05, 0.1) is 31.6 Å². The monoisotopic (exact) mass is 267 g/mol. The van der Waals surface area contributed by atoms with E-state index in [2.05, 4.69) is 10.2 Å². The molecular formula is C12H17N3O4. The van der Waals surface area contributed by atoms with E-state index in [1.807, 2.05) is 0 Å². The van der Waals surface area contributed by atoms with E-state index in [9.17, 15) is 9.59 Å². The van der Waals surface area contributed by atoms with Gasteiger partial charge in [-0.3, -0.25) is 9.89 Å². The molecule has 1 saturated heterocycles. The van der Waals surface area contributed by atoms with Crippen molar-refractivity contribution >= 4 is 11.9 Å². The number of esters is 1. The molecule has 0 aliphatic carbocycles. The number of aryl methyl sites for hydroxylation is 2. The van der Waals surface area contributed by atoms with Crippen molar-refractivity contribution in [2.45, 2.75) is 19.9 Å². The van der Waals surface area contributed by atoms with Crippen LogP contribution in [-0.2, 0) is 14.3 Å². The number of rotatable bonds is 2. The standard InChI is InChI=1S/C12H17N3O4/c1-7-10(8(2)14-13-7)11(16)15-4-5-19-6-9(15)12(17)18-3/h9H,4-6H2,1-3H3,(H,13,14). The Balaban J connectivity index is 2.28. The molecule has 2 rings (SSSR count). The first-order valence-electron chi connectivity index (χ1n) is 6.04. The van der Waals surface area contributed by atoms with Crippen LogP contribution in [0.2, 0.25) is 0 Å². The molecule has 0 saturated carbocycles. The number of morpholine rings is 1. The molecule has 1 N–H and O–H groups in total. The van der Waals surface area contributed by atoms with Crippen molar-refractivity contribution in [1.29, 1.82) is 0 Å². The predicted molar refractivity (Wildman–Crippen MR) is 65.7 cm³/mol. The van der Waals surface area contributed by atoms with E-state index < -0.39 is 12.0 Å². The summed E-state index contributed by atoms with van der Waals surface area (Å²) in [5.41, 5.74) is 1.83. The first kappa shape index (κ1) is 13.5. The summed E-state index contributed by atoms with van der Waals surface area (Å²) in [5, 5.41) is 6.77. The highest BCUT2D eigenvalue weighted by atomic mass is 16.5. The summed E-state index contributed by atoms with van der Waals surface area (Å²) < 4.78 is 9.96. The van der Waals surface area contributed by atoms with E-state index in [0.717, 1.165) is 0 Å². The van der Waals surface area contributed by atoms with Crippen LogP contribution in [0.25, 0.3) is 0 Å². The maximum Gasteiger partial charge on any atom is 0.331 e. The molecule has 0 spiro atoms. The molecule has 19 heavy (non-hydrogen) atoms. The summed E-state index contributed by atoms with van der Waals surface area (Å²) in [7, 11) is 1.30. The van der Waals surface area contributed by atoms with Crippen molar-refractivity contribution in [3.63, 3.8) is 0 Å². The van der Waals surface area contributed by atoms with E-state index in [1.54, 1.807) is 13.8 Å². The highest BCUT2D eigenvalue weighted by Gasteiger charge is 2.35. The number of H-pyrrole nitrogens is 1. The van der Waals surface area contributed by atoms with Crippen LogP contribution in [0.1, 0.15) is 21.7 Å². The molecule has 104 valence electrons. The van der Waals surface area contributed by atoms with Gasteiger partial charge in [-0.25, -0.2) is 4.79 Å². The van der Waals surface area contributed by atoms with Gasteiger partial charge in [0.1, 0.15) is 0 Å². The lowest BCUT2D eigenvalue weighted by atomic mass is 10.1. The lowest BCUT2D eigenvalue weighted by Gasteiger charge is -2.33. The van der Waals surface area contributed by atoms with E-state index >= 15 is 0 Å². The first-order valence-corrected chi connectivity index (χ1v) is 6.04. The number of nitrogens with zero attached hydrogens (tertiary/aromatic N) is 2. The topological polar surface area (TPSA) is 84.5 Å². The molecule has 1 aliphatic rings. The Morgan fingerprint density at radius 2 is 2.21 bits per heavy atom. The quantitative estimate of drug-likeness (QED) is 0.765. The zero-order valence-electron chi connectivity index (χ0n) is 11.2. The Morgan fingerprint density at radius 3 is 2.79 bits per heavy atom. The van der Waals surface area contributed by atoms with E-state index in [1.165, 1.54) is 12.0 Å². The highest BCUT2D eigenvalue weighted by Crippen LogP contribution is 2.17. The van der Waals surface area contributed by atoms with Crippen LogP contribution in [0.4, 0.5) is 0 Å². The van der Waals surface area contributed by atoms with Gasteiger partial charge < -0.3 is 14.4 Å². The average Bonchev–Trinajstić information content (AvgIpc) is 2.76. The molecule has 1 aliphatic heterocycles. The van der Waals surface area contributed by atoms with Crippen LogP contribution in [0.3, 0.4) is 0 Å². The van der Waals surface area contributed by atoms with E-state index in [-0.39, 0.29) is 12.5 Å². The summed E-state index contributed by atoms with van der Waals surface area (Å²) in [6, 6.07) is -0.694. The molecular weight excluding hydrogens is 250 g/mol. The number of hydrogen-bond donors (Lipinski definition) is 1. The molecule has 7 nitrogen and oxygen atoms in total. The Labute approximate surface area is 110 Å². The van der Waals surface area contributed by atoms with Crippen LogP contribution in [0.5, 0.6) is 0 Å². The summed E-state index contributed by atoms with van der Waals surface area (Å²) in [5.74, 6) is -0.686. The lowest BCUT2D eigenvalue weighted by molar-refractivity contribution is -0.151. The van der Waals surface area contributed by atoms with Crippen molar-refractivity contribution < 1.29 is 19.1 Å². The molecule has 1 fully saturated rings. The van der Waals surface area contributed by atoms with Gasteiger partial charge in [0.25, 0.3) is 5.91 Å². The second-order valence-electron chi connectivity index (χ2n) is 4.42. The molecule has 2 heterocycles. The molecule has 0 radical (unpaired) electrons. The average molecular weight is 267 g/mol.